The monoisotopic (exact) mass is 254 g/mol. The summed E-state index contributed by atoms with van der Waals surface area (Å²) >= 11 is 0. The first-order chi connectivity index (χ1) is 8.83. The largest absolute Gasteiger partial charge is 0.347 e. The molecule has 0 atom stereocenters. The molecule has 0 bridgehead atoms. The molecule has 3 rings (SSSR count). The summed E-state index contributed by atoms with van der Waals surface area (Å²) < 4.78 is 23.2. The molecule has 4 nitrogen and oxygen atoms in total. The summed E-state index contributed by atoms with van der Waals surface area (Å²) in [7, 11) is 0. The topological polar surface area (TPSA) is 36.9 Å². The number of rotatable bonds is 0. The lowest BCUT2D eigenvalue weighted by Crippen LogP contribution is -2.32. The molecule has 1 aliphatic carbocycles. The molecule has 0 N–H and O–H groups in total. The zero-order chi connectivity index (χ0) is 12.3. The van der Waals surface area contributed by atoms with Crippen LogP contribution in [0.4, 0.5) is 0 Å². The van der Waals surface area contributed by atoms with Crippen molar-refractivity contribution in [3.05, 3.63) is 12.2 Å². The van der Waals surface area contributed by atoms with Gasteiger partial charge in [0.25, 0.3) is 0 Å². The third kappa shape index (κ3) is 2.62. The Hall–Kier alpha value is -0.420. The van der Waals surface area contributed by atoms with Crippen LogP contribution in [0.25, 0.3) is 0 Å². The summed E-state index contributed by atoms with van der Waals surface area (Å²) in [6.07, 6.45) is 10.1. The quantitative estimate of drug-likeness (QED) is 0.622. The Morgan fingerprint density at radius 3 is 1.39 bits per heavy atom. The minimum atomic E-state index is -0.349. The van der Waals surface area contributed by atoms with Gasteiger partial charge in [-0.15, -0.1) is 0 Å². The number of hydrogen-bond donors (Lipinski definition) is 0. The van der Waals surface area contributed by atoms with Gasteiger partial charge < -0.3 is 18.9 Å². The Morgan fingerprint density at radius 2 is 1.00 bits per heavy atom. The third-order valence-corrected chi connectivity index (χ3v) is 4.02. The van der Waals surface area contributed by atoms with E-state index in [0.717, 1.165) is 65.0 Å². The molecule has 0 radical (unpaired) electrons. The molecule has 2 heterocycles. The van der Waals surface area contributed by atoms with Crippen molar-refractivity contribution in [1.82, 2.24) is 0 Å². The van der Waals surface area contributed by atoms with E-state index in [1.807, 2.05) is 0 Å². The fraction of sp³-hybridized carbons (Fsp3) is 0.857. The van der Waals surface area contributed by atoms with E-state index < -0.39 is 0 Å². The van der Waals surface area contributed by atoms with Crippen molar-refractivity contribution in [3.63, 3.8) is 0 Å². The minimum Gasteiger partial charge on any atom is -0.347 e. The highest BCUT2D eigenvalue weighted by Gasteiger charge is 2.38. The zero-order valence-corrected chi connectivity index (χ0v) is 10.9. The second-order valence-electron chi connectivity index (χ2n) is 5.30. The Balaban J connectivity index is 1.66. The maximum Gasteiger partial charge on any atom is 0.171 e. The first-order valence-corrected chi connectivity index (χ1v) is 7.04. The summed E-state index contributed by atoms with van der Waals surface area (Å²) in [5.41, 5.74) is 0. The van der Waals surface area contributed by atoms with Crippen LogP contribution in [0.5, 0.6) is 0 Å². The number of ether oxygens (including phenoxy) is 4. The normalized spacial score (nSPS) is 32.9. The van der Waals surface area contributed by atoms with E-state index in [2.05, 4.69) is 12.2 Å². The molecule has 2 saturated heterocycles. The Kier molecular flexibility index (Phi) is 3.71. The molecule has 18 heavy (non-hydrogen) atoms. The van der Waals surface area contributed by atoms with Crippen LogP contribution in [-0.4, -0.2) is 38.0 Å². The molecular formula is C14H22O4. The molecule has 0 amide bonds. The average molecular weight is 254 g/mol. The molecule has 0 aromatic carbocycles. The molecular weight excluding hydrogens is 232 g/mol. The Labute approximate surface area is 108 Å². The van der Waals surface area contributed by atoms with Crippen LogP contribution in [-0.2, 0) is 18.9 Å². The summed E-state index contributed by atoms with van der Waals surface area (Å²) in [5, 5.41) is 0. The van der Waals surface area contributed by atoms with Gasteiger partial charge in [-0.05, 0) is 12.8 Å². The van der Waals surface area contributed by atoms with Gasteiger partial charge in [0, 0.05) is 25.7 Å². The van der Waals surface area contributed by atoms with Crippen molar-refractivity contribution in [1.29, 1.82) is 0 Å². The smallest absolute Gasteiger partial charge is 0.171 e. The summed E-state index contributed by atoms with van der Waals surface area (Å²) in [4.78, 5) is 0. The van der Waals surface area contributed by atoms with Gasteiger partial charge in [-0.2, -0.15) is 0 Å². The Morgan fingerprint density at radius 1 is 0.611 bits per heavy atom. The van der Waals surface area contributed by atoms with E-state index in [-0.39, 0.29) is 11.6 Å². The maximum atomic E-state index is 5.79. The van der Waals surface area contributed by atoms with Crippen LogP contribution < -0.4 is 0 Å². The predicted molar refractivity (Wildman–Crippen MR) is 66.1 cm³/mol. The second-order valence-corrected chi connectivity index (χ2v) is 5.30. The molecule has 2 spiro atoms. The van der Waals surface area contributed by atoms with E-state index in [0.29, 0.717) is 0 Å². The fourth-order valence-electron chi connectivity index (χ4n) is 3.04. The van der Waals surface area contributed by atoms with Gasteiger partial charge in [-0.25, -0.2) is 0 Å². The molecule has 0 saturated carbocycles. The van der Waals surface area contributed by atoms with E-state index >= 15 is 0 Å². The Bertz CT molecular complexity index is 271. The van der Waals surface area contributed by atoms with E-state index in [1.165, 1.54) is 0 Å². The lowest BCUT2D eigenvalue weighted by atomic mass is 9.97. The van der Waals surface area contributed by atoms with E-state index in [4.69, 9.17) is 18.9 Å². The molecule has 102 valence electrons. The lowest BCUT2D eigenvalue weighted by Gasteiger charge is -2.30. The average Bonchev–Trinajstić information content (AvgIpc) is 3.02. The lowest BCUT2D eigenvalue weighted by molar-refractivity contribution is -0.171. The van der Waals surface area contributed by atoms with Crippen LogP contribution >= 0.6 is 0 Å². The molecule has 0 unspecified atom stereocenters. The molecule has 0 aromatic rings. The standard InChI is InChI=1S/C14H22O4/c1-2-6-14(17-11-12-18-14)8-4-3-7-13(5-1)15-9-10-16-13/h1-2H,3-12H2/b2-1-. The van der Waals surface area contributed by atoms with Crippen LogP contribution in [0.3, 0.4) is 0 Å². The fourth-order valence-corrected chi connectivity index (χ4v) is 3.04. The van der Waals surface area contributed by atoms with Crippen LogP contribution in [0.1, 0.15) is 38.5 Å². The van der Waals surface area contributed by atoms with E-state index in [9.17, 15) is 0 Å². The van der Waals surface area contributed by atoms with Crippen molar-refractivity contribution < 1.29 is 18.9 Å². The summed E-state index contributed by atoms with van der Waals surface area (Å²) in [6, 6.07) is 0. The SMILES string of the molecule is C1=C\CC2(CCCCC3(C/1)OCCO3)OCCO2. The first kappa shape index (κ1) is 12.6. The number of hydrogen-bond acceptors (Lipinski definition) is 4. The predicted octanol–water partition coefficient (Wildman–Crippen LogP) is 2.38. The third-order valence-electron chi connectivity index (χ3n) is 4.02. The van der Waals surface area contributed by atoms with Crippen molar-refractivity contribution in [2.45, 2.75) is 50.1 Å². The first-order valence-electron chi connectivity index (χ1n) is 7.04. The van der Waals surface area contributed by atoms with Gasteiger partial charge >= 0.3 is 0 Å². The highest BCUT2D eigenvalue weighted by atomic mass is 16.7. The van der Waals surface area contributed by atoms with Gasteiger partial charge in [-0.1, -0.05) is 12.2 Å². The van der Waals surface area contributed by atoms with Crippen molar-refractivity contribution in [2.24, 2.45) is 0 Å². The molecule has 2 fully saturated rings. The zero-order valence-electron chi connectivity index (χ0n) is 10.9. The van der Waals surface area contributed by atoms with Gasteiger partial charge in [-0.3, -0.25) is 0 Å². The molecule has 0 aromatic heterocycles. The maximum absolute atomic E-state index is 5.79. The highest BCUT2D eigenvalue weighted by Crippen LogP contribution is 2.35. The van der Waals surface area contributed by atoms with Gasteiger partial charge in [0.1, 0.15) is 0 Å². The van der Waals surface area contributed by atoms with E-state index in [1.54, 1.807) is 0 Å². The highest BCUT2D eigenvalue weighted by molar-refractivity contribution is 4.95. The second kappa shape index (κ2) is 5.29. The van der Waals surface area contributed by atoms with Gasteiger partial charge in [0.2, 0.25) is 0 Å². The molecule has 3 aliphatic rings. The van der Waals surface area contributed by atoms with Crippen LogP contribution in [0, 0.1) is 0 Å². The summed E-state index contributed by atoms with van der Waals surface area (Å²) in [5.74, 6) is -0.698. The van der Waals surface area contributed by atoms with Crippen molar-refractivity contribution >= 4 is 0 Å². The molecule has 4 heteroatoms. The molecule has 2 aliphatic heterocycles. The van der Waals surface area contributed by atoms with Crippen LogP contribution in [0.2, 0.25) is 0 Å². The van der Waals surface area contributed by atoms with Crippen molar-refractivity contribution in [2.75, 3.05) is 26.4 Å². The minimum absolute atomic E-state index is 0.349. The van der Waals surface area contributed by atoms with Crippen molar-refractivity contribution in [3.8, 4) is 0 Å². The van der Waals surface area contributed by atoms with Gasteiger partial charge in [0.15, 0.2) is 11.6 Å². The summed E-state index contributed by atoms with van der Waals surface area (Å²) in [6.45, 7) is 2.90. The van der Waals surface area contributed by atoms with Gasteiger partial charge in [0.05, 0.1) is 26.4 Å². The van der Waals surface area contributed by atoms with Crippen LogP contribution in [0.15, 0.2) is 12.2 Å².